The summed E-state index contributed by atoms with van der Waals surface area (Å²) in [4.78, 5) is 51.3. The number of Topliss-reactive ketones (excluding diaryl/α,β-unsaturated/α-hetero) is 1. The second-order valence-electron chi connectivity index (χ2n) is 16.9. The first-order valence-electron chi connectivity index (χ1n) is 19.0. The Bertz CT molecular complexity index is 1490. The normalized spacial score (nSPS) is 38.0. The molecule has 50 heavy (non-hydrogen) atoms. The molecule has 1 amide bonds. The summed E-state index contributed by atoms with van der Waals surface area (Å²) in [7, 11) is 0. The smallest absolute Gasteiger partial charge is 0.306 e. The molecule has 0 radical (unpaired) electrons. The molecule has 1 aromatic carbocycles. The SMILES string of the molecule is CC(C)[C@@H]1C[C@](CCNC(=O)CCC(=O)OCC(=O)[C@@]2(O)CC[C@@H]3[C@H]4CCC5=CC(=O)CC[C@]5(C)[C@H]4[C@@H](O)C[C@@]32C)(c2ccccc2)CCO1. The van der Waals surface area contributed by atoms with Crippen molar-refractivity contribution in [1.82, 2.24) is 5.32 Å². The summed E-state index contributed by atoms with van der Waals surface area (Å²) >= 11 is 0. The highest BCUT2D eigenvalue weighted by Crippen LogP contribution is 2.67. The van der Waals surface area contributed by atoms with Crippen LogP contribution in [0.5, 0.6) is 0 Å². The van der Waals surface area contributed by atoms with Crippen molar-refractivity contribution in [2.24, 2.45) is 34.5 Å². The van der Waals surface area contributed by atoms with Gasteiger partial charge in [-0.25, -0.2) is 0 Å². The Labute approximate surface area is 296 Å². The number of ketones is 2. The minimum Gasteiger partial charge on any atom is -0.458 e. The van der Waals surface area contributed by atoms with E-state index in [0.717, 1.165) is 44.1 Å². The highest BCUT2D eigenvalue weighted by molar-refractivity contribution is 5.92. The summed E-state index contributed by atoms with van der Waals surface area (Å²) in [6, 6.07) is 10.4. The molecule has 9 atom stereocenters. The van der Waals surface area contributed by atoms with Crippen molar-refractivity contribution < 1.29 is 38.9 Å². The van der Waals surface area contributed by atoms with Gasteiger partial charge in [0.1, 0.15) is 5.60 Å². The van der Waals surface area contributed by atoms with Crippen LogP contribution in [0.2, 0.25) is 0 Å². The zero-order chi connectivity index (χ0) is 35.9. The predicted octanol–water partition coefficient (Wildman–Crippen LogP) is 5.39. The van der Waals surface area contributed by atoms with Crippen molar-refractivity contribution >= 4 is 23.4 Å². The van der Waals surface area contributed by atoms with Gasteiger partial charge in [0.25, 0.3) is 0 Å². The van der Waals surface area contributed by atoms with Crippen LogP contribution in [0, 0.1) is 34.5 Å². The van der Waals surface area contributed by atoms with E-state index in [1.807, 2.05) is 13.0 Å². The summed E-state index contributed by atoms with van der Waals surface area (Å²) in [6.45, 7) is 9.02. The van der Waals surface area contributed by atoms with Crippen LogP contribution in [0.3, 0.4) is 0 Å². The first-order chi connectivity index (χ1) is 23.7. The second-order valence-corrected chi connectivity index (χ2v) is 16.9. The third-order valence-corrected chi connectivity index (χ3v) is 14.0. The molecule has 9 heteroatoms. The summed E-state index contributed by atoms with van der Waals surface area (Å²) in [5, 5.41) is 26.6. The molecular formula is C41H57NO8. The standard InChI is InChI=1S/C41H57NO8/c1-26(2)33-24-40(19-21-49-33,27-8-6-5-7-9-27)18-20-42-35(46)12-13-36(47)50-25-34(45)41(48)17-15-31-30-11-10-28-22-29(43)14-16-38(28,3)37(30)32(44)23-39(31,41)4/h5-9,22,26,30-33,37,44,48H,10-21,23-25H2,1-4H3,(H,42,46)/t30-,31-,32+,33+,37-,38+,39+,40-,41+/m1/s1. The number of hydrogen-bond acceptors (Lipinski definition) is 8. The van der Waals surface area contributed by atoms with Crippen LogP contribution >= 0.6 is 0 Å². The van der Waals surface area contributed by atoms with Gasteiger partial charge < -0.3 is 25.0 Å². The Kier molecular flexibility index (Phi) is 10.5. The summed E-state index contributed by atoms with van der Waals surface area (Å²) in [5.41, 5.74) is -0.529. The number of benzene rings is 1. The molecular weight excluding hydrogens is 634 g/mol. The number of fused-ring (bicyclic) bond motifs is 5. The molecule has 9 nitrogen and oxygen atoms in total. The molecule has 274 valence electrons. The van der Waals surface area contributed by atoms with Crippen LogP contribution in [0.25, 0.3) is 0 Å². The van der Waals surface area contributed by atoms with Gasteiger partial charge in [-0.1, -0.05) is 63.6 Å². The van der Waals surface area contributed by atoms with Crippen molar-refractivity contribution in [2.45, 2.75) is 128 Å². The van der Waals surface area contributed by atoms with Gasteiger partial charge in [-0.05, 0) is 98.5 Å². The Morgan fingerprint density at radius 2 is 1.78 bits per heavy atom. The maximum atomic E-state index is 13.6. The molecule has 1 heterocycles. The predicted molar refractivity (Wildman–Crippen MR) is 188 cm³/mol. The van der Waals surface area contributed by atoms with Gasteiger partial charge in [-0.3, -0.25) is 19.2 Å². The molecule has 4 aliphatic carbocycles. The van der Waals surface area contributed by atoms with E-state index < -0.39 is 35.5 Å². The largest absolute Gasteiger partial charge is 0.458 e. The fourth-order valence-electron chi connectivity index (χ4n) is 11.0. The van der Waals surface area contributed by atoms with Crippen LogP contribution in [-0.2, 0) is 34.1 Å². The van der Waals surface area contributed by atoms with E-state index in [9.17, 15) is 29.4 Å². The number of ether oxygens (including phenoxy) is 2. The average molecular weight is 692 g/mol. The number of carbonyl (C=O) groups is 4. The zero-order valence-corrected chi connectivity index (χ0v) is 30.4. The molecule has 0 spiro atoms. The van der Waals surface area contributed by atoms with Gasteiger partial charge in [0, 0.05) is 36.8 Å². The highest BCUT2D eigenvalue weighted by Gasteiger charge is 2.68. The number of amides is 1. The van der Waals surface area contributed by atoms with E-state index in [1.54, 1.807) is 6.08 Å². The minimum absolute atomic E-state index is 0.0207. The summed E-state index contributed by atoms with van der Waals surface area (Å²) < 4.78 is 11.4. The average Bonchev–Trinajstić information content (AvgIpc) is 3.37. The van der Waals surface area contributed by atoms with Gasteiger partial charge in [0.15, 0.2) is 12.4 Å². The topological polar surface area (TPSA) is 139 Å². The number of nitrogens with one attached hydrogen (secondary N) is 1. The number of aliphatic hydroxyl groups is 2. The van der Waals surface area contributed by atoms with Crippen molar-refractivity contribution in [2.75, 3.05) is 19.8 Å². The molecule has 0 aromatic heterocycles. The molecule has 3 N–H and O–H groups in total. The maximum absolute atomic E-state index is 13.6. The fraction of sp³-hybridized carbons (Fsp3) is 0.707. The van der Waals surface area contributed by atoms with E-state index in [-0.39, 0.29) is 72.1 Å². The maximum Gasteiger partial charge on any atom is 0.306 e. The van der Waals surface area contributed by atoms with Crippen LogP contribution < -0.4 is 5.32 Å². The molecule has 0 bridgehead atoms. The lowest BCUT2D eigenvalue weighted by molar-refractivity contribution is -0.184. The molecule has 0 unspecified atom stereocenters. The Hall–Kier alpha value is -2.88. The third-order valence-electron chi connectivity index (χ3n) is 14.0. The Morgan fingerprint density at radius 3 is 2.52 bits per heavy atom. The lowest BCUT2D eigenvalue weighted by atomic mass is 9.45. The number of carbonyl (C=O) groups excluding carboxylic acids is 4. The van der Waals surface area contributed by atoms with Gasteiger partial charge >= 0.3 is 5.97 Å². The van der Waals surface area contributed by atoms with E-state index in [4.69, 9.17) is 9.47 Å². The van der Waals surface area contributed by atoms with Crippen LogP contribution in [0.15, 0.2) is 42.0 Å². The fourth-order valence-corrected chi connectivity index (χ4v) is 11.0. The minimum atomic E-state index is -1.71. The van der Waals surface area contributed by atoms with Crippen molar-refractivity contribution in [3.8, 4) is 0 Å². The number of hydrogen-bond donors (Lipinski definition) is 3. The van der Waals surface area contributed by atoms with Crippen LogP contribution in [0.1, 0.15) is 110 Å². The molecule has 3 saturated carbocycles. The van der Waals surface area contributed by atoms with Crippen LogP contribution in [-0.4, -0.2) is 71.2 Å². The van der Waals surface area contributed by atoms with Crippen molar-refractivity contribution in [3.63, 3.8) is 0 Å². The molecule has 6 rings (SSSR count). The van der Waals surface area contributed by atoms with E-state index in [1.165, 1.54) is 5.56 Å². The third kappa shape index (κ3) is 6.63. The number of allylic oxidation sites excluding steroid dienone is 1. The monoisotopic (exact) mass is 691 g/mol. The van der Waals surface area contributed by atoms with Crippen LogP contribution in [0.4, 0.5) is 0 Å². The molecule has 5 aliphatic rings. The molecule has 1 aromatic rings. The Balaban J connectivity index is 0.996. The van der Waals surface area contributed by atoms with Crippen molar-refractivity contribution in [3.05, 3.63) is 47.5 Å². The van der Waals surface area contributed by atoms with Crippen molar-refractivity contribution in [1.29, 1.82) is 0 Å². The zero-order valence-electron chi connectivity index (χ0n) is 30.4. The molecule has 4 fully saturated rings. The van der Waals surface area contributed by atoms with Gasteiger partial charge in [0.05, 0.1) is 18.6 Å². The lowest BCUT2D eigenvalue weighted by Crippen LogP contribution is -2.62. The first-order valence-corrected chi connectivity index (χ1v) is 19.0. The number of esters is 1. The van der Waals surface area contributed by atoms with E-state index in [2.05, 4.69) is 50.4 Å². The number of aliphatic hydroxyl groups excluding tert-OH is 1. The van der Waals surface area contributed by atoms with E-state index in [0.29, 0.717) is 31.9 Å². The molecule has 1 aliphatic heterocycles. The second kappa shape index (κ2) is 14.3. The van der Waals surface area contributed by atoms with Gasteiger partial charge in [-0.15, -0.1) is 0 Å². The number of rotatable bonds is 11. The van der Waals surface area contributed by atoms with E-state index >= 15 is 0 Å². The first kappa shape index (κ1) is 36.9. The summed E-state index contributed by atoms with van der Waals surface area (Å²) in [6.07, 6.45) is 7.56. The quantitative estimate of drug-likeness (QED) is 0.263. The van der Waals surface area contributed by atoms with Gasteiger partial charge in [0.2, 0.25) is 11.7 Å². The lowest BCUT2D eigenvalue weighted by Gasteiger charge is -2.60. The highest BCUT2D eigenvalue weighted by atomic mass is 16.5. The Morgan fingerprint density at radius 1 is 1.02 bits per heavy atom. The van der Waals surface area contributed by atoms with Gasteiger partial charge in [-0.2, -0.15) is 0 Å². The molecule has 1 saturated heterocycles. The summed E-state index contributed by atoms with van der Waals surface area (Å²) in [5.74, 6) is -0.747.